The molecular weight excluding hydrogens is 387 g/mol. The monoisotopic (exact) mass is 406 g/mol. The van der Waals surface area contributed by atoms with Gasteiger partial charge in [0.15, 0.2) is 0 Å². The van der Waals surface area contributed by atoms with E-state index in [1.165, 1.54) is 25.9 Å². The summed E-state index contributed by atoms with van der Waals surface area (Å²) in [7, 11) is 0. The molecule has 1 aliphatic rings. The zero-order valence-electron chi connectivity index (χ0n) is 14.3. The Morgan fingerprint density at radius 3 is 2.69 bits per heavy atom. The summed E-state index contributed by atoms with van der Waals surface area (Å²) in [6.07, 6.45) is 4.61. The number of likely N-dealkylation sites (tertiary alicyclic amines) is 1. The number of benzene rings is 2. The highest BCUT2D eigenvalue weighted by Crippen LogP contribution is 2.41. The minimum absolute atomic E-state index is 0.572. The molecule has 0 bridgehead atoms. The number of hydrogen-bond donors (Lipinski definition) is 1. The van der Waals surface area contributed by atoms with E-state index in [4.69, 9.17) is 27.9 Å². The van der Waals surface area contributed by atoms with E-state index in [9.17, 15) is 0 Å². The molecule has 0 saturated carbocycles. The lowest BCUT2D eigenvalue weighted by molar-refractivity contribution is 0.239. The van der Waals surface area contributed by atoms with E-state index in [-0.39, 0.29) is 0 Å². The van der Waals surface area contributed by atoms with Gasteiger partial charge in [0, 0.05) is 27.9 Å². The Bertz CT molecular complexity index is 906. The Labute approximate surface area is 167 Å². The van der Waals surface area contributed by atoms with E-state index in [1.807, 2.05) is 30.5 Å². The fourth-order valence-electron chi connectivity index (χ4n) is 3.28. The van der Waals surface area contributed by atoms with Gasteiger partial charge in [-0.2, -0.15) is 0 Å². The second-order valence-electron chi connectivity index (χ2n) is 6.38. The summed E-state index contributed by atoms with van der Waals surface area (Å²) in [5.74, 6) is 0.894. The molecular formula is C20H20Cl2N2OS. The number of hydrogen-bond acceptors (Lipinski definition) is 3. The second kappa shape index (κ2) is 8.13. The van der Waals surface area contributed by atoms with Gasteiger partial charge in [-0.25, -0.2) is 0 Å². The van der Waals surface area contributed by atoms with E-state index in [0.29, 0.717) is 16.7 Å². The lowest BCUT2D eigenvalue weighted by Crippen LogP contribution is -2.25. The Hall–Kier alpha value is -1.33. The van der Waals surface area contributed by atoms with Crippen LogP contribution in [0.3, 0.4) is 0 Å². The maximum Gasteiger partial charge on any atom is 0.143 e. The van der Waals surface area contributed by atoms with Crippen molar-refractivity contribution in [3.8, 4) is 5.75 Å². The van der Waals surface area contributed by atoms with Gasteiger partial charge in [0.2, 0.25) is 0 Å². The number of rotatable bonds is 6. The van der Waals surface area contributed by atoms with E-state index in [0.717, 1.165) is 33.0 Å². The molecule has 0 aliphatic carbocycles. The van der Waals surface area contributed by atoms with Crippen LogP contribution in [0.2, 0.25) is 10.0 Å². The van der Waals surface area contributed by atoms with Crippen molar-refractivity contribution in [1.29, 1.82) is 0 Å². The van der Waals surface area contributed by atoms with Crippen molar-refractivity contribution in [2.24, 2.45) is 0 Å². The van der Waals surface area contributed by atoms with Gasteiger partial charge in [-0.3, -0.25) is 4.90 Å². The molecule has 0 spiro atoms. The highest BCUT2D eigenvalue weighted by molar-refractivity contribution is 7.99. The van der Waals surface area contributed by atoms with Gasteiger partial charge in [0.05, 0.1) is 15.6 Å². The van der Waals surface area contributed by atoms with Crippen LogP contribution in [-0.2, 0) is 0 Å². The Morgan fingerprint density at radius 1 is 1.04 bits per heavy atom. The van der Waals surface area contributed by atoms with Gasteiger partial charge in [0.25, 0.3) is 0 Å². The summed E-state index contributed by atoms with van der Waals surface area (Å²) in [4.78, 5) is 7.86. The smallest absolute Gasteiger partial charge is 0.143 e. The molecule has 0 unspecified atom stereocenters. The fourth-order valence-corrected chi connectivity index (χ4v) is 4.73. The van der Waals surface area contributed by atoms with Crippen LogP contribution in [0, 0.1) is 0 Å². The minimum atomic E-state index is 0.572. The maximum absolute atomic E-state index is 6.33. The van der Waals surface area contributed by atoms with Crippen LogP contribution in [-0.4, -0.2) is 36.1 Å². The van der Waals surface area contributed by atoms with Crippen molar-refractivity contribution >= 4 is 45.9 Å². The molecule has 1 aliphatic heterocycles. The lowest BCUT2D eigenvalue weighted by Gasteiger charge is -2.15. The molecule has 2 aromatic carbocycles. The number of para-hydroxylation sites is 1. The SMILES string of the molecule is Clc1cccc(Sc2c[nH]c3c(OCCN4CCCC4)cccc23)c1Cl. The predicted octanol–water partition coefficient (Wildman–Crippen LogP) is 6.10. The van der Waals surface area contributed by atoms with E-state index >= 15 is 0 Å². The highest BCUT2D eigenvalue weighted by atomic mass is 35.5. The van der Waals surface area contributed by atoms with Gasteiger partial charge >= 0.3 is 0 Å². The second-order valence-corrected chi connectivity index (χ2v) is 8.25. The zero-order chi connectivity index (χ0) is 17.9. The molecule has 1 N–H and O–H groups in total. The summed E-state index contributed by atoms with van der Waals surface area (Å²) < 4.78 is 6.06. The third-order valence-corrected chi connectivity index (χ3v) is 6.69. The largest absolute Gasteiger partial charge is 0.490 e. The summed E-state index contributed by atoms with van der Waals surface area (Å²) in [6, 6.07) is 11.8. The van der Waals surface area contributed by atoms with Gasteiger partial charge in [-0.1, -0.05) is 53.2 Å². The van der Waals surface area contributed by atoms with Crippen molar-refractivity contribution in [2.75, 3.05) is 26.2 Å². The molecule has 1 fully saturated rings. The molecule has 4 rings (SSSR count). The summed E-state index contributed by atoms with van der Waals surface area (Å²) in [5, 5.41) is 2.29. The van der Waals surface area contributed by atoms with Crippen molar-refractivity contribution in [2.45, 2.75) is 22.6 Å². The van der Waals surface area contributed by atoms with Crippen molar-refractivity contribution in [1.82, 2.24) is 9.88 Å². The summed E-state index contributed by atoms with van der Waals surface area (Å²) in [5.41, 5.74) is 1.02. The fraction of sp³-hybridized carbons (Fsp3) is 0.300. The molecule has 1 aromatic heterocycles. The standard InChI is InChI=1S/C20H20Cl2N2OS/c21-15-6-4-8-17(19(15)22)26-18-13-23-20-14(18)5-3-7-16(20)25-12-11-24-9-1-2-10-24/h3-8,13,23H,1-2,9-12H2. The lowest BCUT2D eigenvalue weighted by atomic mass is 10.2. The average Bonchev–Trinajstić information content (AvgIpc) is 3.30. The Kier molecular flexibility index (Phi) is 5.65. The number of nitrogens with one attached hydrogen (secondary N) is 1. The molecule has 136 valence electrons. The van der Waals surface area contributed by atoms with Crippen LogP contribution in [0.15, 0.2) is 52.4 Å². The van der Waals surface area contributed by atoms with Gasteiger partial charge < -0.3 is 9.72 Å². The van der Waals surface area contributed by atoms with Crippen LogP contribution >= 0.6 is 35.0 Å². The number of H-pyrrole nitrogens is 1. The number of fused-ring (bicyclic) bond motifs is 1. The normalized spacial score (nSPS) is 15.0. The van der Waals surface area contributed by atoms with Gasteiger partial charge in [-0.15, -0.1) is 0 Å². The molecule has 0 atom stereocenters. The quantitative estimate of drug-likeness (QED) is 0.535. The number of nitrogens with zero attached hydrogens (tertiary/aromatic N) is 1. The van der Waals surface area contributed by atoms with Crippen LogP contribution in [0.1, 0.15) is 12.8 Å². The van der Waals surface area contributed by atoms with Gasteiger partial charge in [-0.05, 0) is 44.1 Å². The molecule has 0 amide bonds. The van der Waals surface area contributed by atoms with Crippen LogP contribution in [0.25, 0.3) is 10.9 Å². The third-order valence-electron chi connectivity index (χ3n) is 4.64. The first kappa shape index (κ1) is 18.1. The topological polar surface area (TPSA) is 28.3 Å². The van der Waals surface area contributed by atoms with Crippen molar-refractivity contribution < 1.29 is 4.74 Å². The molecule has 0 radical (unpaired) electrons. The molecule has 6 heteroatoms. The van der Waals surface area contributed by atoms with Gasteiger partial charge in [0.1, 0.15) is 12.4 Å². The maximum atomic E-state index is 6.33. The predicted molar refractivity (Wildman–Crippen MR) is 110 cm³/mol. The van der Waals surface area contributed by atoms with E-state index < -0.39 is 0 Å². The zero-order valence-corrected chi connectivity index (χ0v) is 16.6. The molecule has 1 saturated heterocycles. The minimum Gasteiger partial charge on any atom is -0.490 e. The Balaban J connectivity index is 1.51. The first-order valence-electron chi connectivity index (χ1n) is 8.79. The average molecular weight is 407 g/mol. The van der Waals surface area contributed by atoms with Crippen LogP contribution in [0.5, 0.6) is 5.75 Å². The van der Waals surface area contributed by atoms with Crippen LogP contribution in [0.4, 0.5) is 0 Å². The third kappa shape index (κ3) is 3.84. The molecule has 3 aromatic rings. The molecule has 26 heavy (non-hydrogen) atoms. The highest BCUT2D eigenvalue weighted by Gasteiger charge is 2.14. The summed E-state index contributed by atoms with van der Waals surface area (Å²) >= 11 is 14.1. The first-order valence-corrected chi connectivity index (χ1v) is 10.4. The van der Waals surface area contributed by atoms with E-state index in [2.05, 4.69) is 16.0 Å². The van der Waals surface area contributed by atoms with Crippen LogP contribution < -0.4 is 4.74 Å². The molecule has 2 heterocycles. The first-order chi connectivity index (χ1) is 12.7. The Morgan fingerprint density at radius 2 is 1.85 bits per heavy atom. The van der Waals surface area contributed by atoms with Crippen molar-refractivity contribution in [3.63, 3.8) is 0 Å². The summed E-state index contributed by atoms with van der Waals surface area (Å²) in [6.45, 7) is 4.08. The van der Waals surface area contributed by atoms with E-state index in [1.54, 1.807) is 17.8 Å². The number of aromatic nitrogens is 1. The number of halogens is 2. The number of ether oxygens (including phenoxy) is 1. The van der Waals surface area contributed by atoms with Crippen molar-refractivity contribution in [3.05, 3.63) is 52.6 Å². The molecule has 3 nitrogen and oxygen atoms in total. The number of aromatic amines is 1.